The highest BCUT2D eigenvalue weighted by atomic mass is 15.2. The van der Waals surface area contributed by atoms with Gasteiger partial charge in [-0.25, -0.2) is 4.98 Å². The highest BCUT2D eigenvalue weighted by Crippen LogP contribution is 2.46. The van der Waals surface area contributed by atoms with Crippen LogP contribution in [0.15, 0.2) is 0 Å². The zero-order valence-electron chi connectivity index (χ0n) is 12.8. The zero-order chi connectivity index (χ0) is 13.7. The van der Waals surface area contributed by atoms with Crippen molar-refractivity contribution in [2.24, 2.45) is 0 Å². The second-order valence-electron chi connectivity index (χ2n) is 7.27. The molecule has 1 aromatic heterocycles. The summed E-state index contributed by atoms with van der Waals surface area (Å²) in [5.74, 6) is 1.31. The number of imidazole rings is 1. The maximum atomic E-state index is 5.02. The summed E-state index contributed by atoms with van der Waals surface area (Å²) in [4.78, 5) is 5.02. The lowest BCUT2D eigenvalue weighted by atomic mass is 9.73. The minimum Gasteiger partial charge on any atom is -0.325 e. The van der Waals surface area contributed by atoms with Crippen LogP contribution in [0, 0.1) is 0 Å². The Labute approximate surface area is 116 Å². The van der Waals surface area contributed by atoms with E-state index in [-0.39, 0.29) is 5.41 Å². The first-order valence-corrected chi connectivity index (χ1v) is 7.80. The Hall–Kier alpha value is -0.830. The number of aromatic nitrogens is 2. The second-order valence-corrected chi connectivity index (χ2v) is 7.27. The lowest BCUT2D eigenvalue weighted by Crippen LogP contribution is -2.44. The van der Waals surface area contributed by atoms with Crippen molar-refractivity contribution in [2.75, 3.05) is 6.54 Å². The standard InChI is InChI=1S/C16H27N3/c1-5-16(8-6-9-16)19-13-7-10-17-11-12(13)18-14(19)15(2,3)4/h17H,5-11H2,1-4H3. The van der Waals surface area contributed by atoms with E-state index in [1.165, 1.54) is 42.9 Å². The molecule has 2 aliphatic rings. The summed E-state index contributed by atoms with van der Waals surface area (Å²) in [7, 11) is 0. The summed E-state index contributed by atoms with van der Waals surface area (Å²) < 4.78 is 2.66. The van der Waals surface area contributed by atoms with Gasteiger partial charge in [0.2, 0.25) is 0 Å². The predicted molar refractivity (Wildman–Crippen MR) is 78.5 cm³/mol. The largest absolute Gasteiger partial charge is 0.325 e. The molecular formula is C16H27N3. The SMILES string of the molecule is CCC1(n2c(C(C)(C)C)nc3c2CCNC3)CCC1. The minimum absolute atomic E-state index is 0.134. The first kappa shape index (κ1) is 13.2. The number of hydrogen-bond donors (Lipinski definition) is 1. The smallest absolute Gasteiger partial charge is 0.115 e. The highest BCUT2D eigenvalue weighted by molar-refractivity contribution is 5.27. The molecule has 1 aromatic rings. The van der Waals surface area contributed by atoms with Gasteiger partial charge in [-0.3, -0.25) is 0 Å². The van der Waals surface area contributed by atoms with Crippen molar-refractivity contribution in [3.63, 3.8) is 0 Å². The number of rotatable bonds is 2. The van der Waals surface area contributed by atoms with Crippen LogP contribution < -0.4 is 5.32 Å². The number of hydrogen-bond acceptors (Lipinski definition) is 2. The van der Waals surface area contributed by atoms with E-state index < -0.39 is 0 Å². The monoisotopic (exact) mass is 261 g/mol. The van der Waals surface area contributed by atoms with Crippen molar-refractivity contribution in [1.29, 1.82) is 0 Å². The molecule has 0 bridgehead atoms. The van der Waals surface area contributed by atoms with Crippen LogP contribution in [0.5, 0.6) is 0 Å². The molecule has 3 nitrogen and oxygen atoms in total. The molecule has 19 heavy (non-hydrogen) atoms. The summed E-state index contributed by atoms with van der Waals surface area (Å²) >= 11 is 0. The van der Waals surface area contributed by atoms with Crippen LogP contribution >= 0.6 is 0 Å². The third-order valence-corrected chi connectivity index (χ3v) is 4.97. The van der Waals surface area contributed by atoms with Crippen LogP contribution in [0.3, 0.4) is 0 Å². The fraction of sp³-hybridized carbons (Fsp3) is 0.812. The zero-order valence-corrected chi connectivity index (χ0v) is 12.8. The third kappa shape index (κ3) is 1.94. The Bertz CT molecular complexity index is 469. The number of fused-ring (bicyclic) bond motifs is 1. The lowest BCUT2D eigenvalue weighted by Gasteiger charge is -2.46. The molecule has 1 aliphatic carbocycles. The maximum Gasteiger partial charge on any atom is 0.115 e. The Morgan fingerprint density at radius 3 is 2.58 bits per heavy atom. The molecule has 0 aromatic carbocycles. The average Bonchev–Trinajstić information content (AvgIpc) is 2.69. The molecule has 1 fully saturated rings. The predicted octanol–water partition coefficient (Wildman–Crippen LogP) is 3.12. The van der Waals surface area contributed by atoms with E-state index in [4.69, 9.17) is 4.98 Å². The topological polar surface area (TPSA) is 29.9 Å². The lowest BCUT2D eigenvalue weighted by molar-refractivity contribution is 0.122. The molecule has 0 unspecified atom stereocenters. The minimum atomic E-state index is 0.134. The molecule has 1 saturated carbocycles. The maximum absolute atomic E-state index is 5.02. The van der Waals surface area contributed by atoms with Crippen molar-refractivity contribution in [2.45, 2.75) is 77.3 Å². The van der Waals surface area contributed by atoms with Crippen LogP contribution in [0.2, 0.25) is 0 Å². The van der Waals surface area contributed by atoms with Gasteiger partial charge in [-0.05, 0) is 25.7 Å². The van der Waals surface area contributed by atoms with Crippen LogP contribution in [-0.4, -0.2) is 16.1 Å². The summed E-state index contributed by atoms with van der Waals surface area (Å²) in [5.41, 5.74) is 3.33. The van der Waals surface area contributed by atoms with E-state index in [2.05, 4.69) is 37.6 Å². The van der Waals surface area contributed by atoms with E-state index in [0.29, 0.717) is 5.54 Å². The van der Waals surface area contributed by atoms with Gasteiger partial charge in [0, 0.05) is 36.2 Å². The van der Waals surface area contributed by atoms with Crippen LogP contribution in [0.1, 0.15) is 70.6 Å². The highest BCUT2D eigenvalue weighted by Gasteiger charge is 2.42. The molecule has 0 radical (unpaired) electrons. The molecule has 2 heterocycles. The van der Waals surface area contributed by atoms with Crippen molar-refractivity contribution in [3.8, 4) is 0 Å². The van der Waals surface area contributed by atoms with E-state index in [9.17, 15) is 0 Å². The fourth-order valence-electron chi connectivity index (χ4n) is 3.64. The van der Waals surface area contributed by atoms with Crippen LogP contribution in [-0.2, 0) is 23.9 Å². The third-order valence-electron chi connectivity index (χ3n) is 4.97. The fourth-order valence-corrected chi connectivity index (χ4v) is 3.64. The number of nitrogens with one attached hydrogen (secondary N) is 1. The molecule has 1 aliphatic heterocycles. The molecule has 3 heteroatoms. The summed E-state index contributed by atoms with van der Waals surface area (Å²) in [6, 6.07) is 0. The van der Waals surface area contributed by atoms with Crippen molar-refractivity contribution in [1.82, 2.24) is 14.9 Å². The number of nitrogens with zero attached hydrogens (tertiary/aromatic N) is 2. The van der Waals surface area contributed by atoms with Gasteiger partial charge in [0.15, 0.2) is 0 Å². The van der Waals surface area contributed by atoms with Crippen molar-refractivity contribution in [3.05, 3.63) is 17.2 Å². The normalized spacial score (nSPS) is 21.9. The summed E-state index contributed by atoms with van der Waals surface area (Å²) in [6.45, 7) is 11.3. The Morgan fingerprint density at radius 2 is 2.05 bits per heavy atom. The summed E-state index contributed by atoms with van der Waals surface area (Å²) in [5, 5.41) is 3.46. The van der Waals surface area contributed by atoms with Crippen LogP contribution in [0.4, 0.5) is 0 Å². The molecule has 0 amide bonds. The summed E-state index contributed by atoms with van der Waals surface area (Å²) in [6.07, 6.45) is 6.43. The van der Waals surface area contributed by atoms with Gasteiger partial charge in [-0.15, -0.1) is 0 Å². The molecule has 106 valence electrons. The second kappa shape index (κ2) is 4.34. The van der Waals surface area contributed by atoms with Gasteiger partial charge >= 0.3 is 0 Å². The molecule has 0 spiro atoms. The Morgan fingerprint density at radius 1 is 1.32 bits per heavy atom. The van der Waals surface area contributed by atoms with E-state index in [1.54, 1.807) is 0 Å². The molecule has 3 rings (SSSR count). The van der Waals surface area contributed by atoms with E-state index >= 15 is 0 Å². The van der Waals surface area contributed by atoms with Gasteiger partial charge in [0.05, 0.1) is 5.69 Å². The molecule has 1 N–H and O–H groups in total. The van der Waals surface area contributed by atoms with Crippen molar-refractivity contribution < 1.29 is 0 Å². The molecule has 0 atom stereocenters. The van der Waals surface area contributed by atoms with Gasteiger partial charge in [0.1, 0.15) is 5.82 Å². The Kier molecular flexibility index (Phi) is 3.01. The van der Waals surface area contributed by atoms with Gasteiger partial charge in [0.25, 0.3) is 0 Å². The molecule has 0 saturated heterocycles. The van der Waals surface area contributed by atoms with Crippen molar-refractivity contribution >= 4 is 0 Å². The average molecular weight is 261 g/mol. The van der Waals surface area contributed by atoms with Crippen LogP contribution in [0.25, 0.3) is 0 Å². The van der Waals surface area contributed by atoms with Gasteiger partial charge in [-0.1, -0.05) is 27.7 Å². The molecular weight excluding hydrogens is 234 g/mol. The van der Waals surface area contributed by atoms with E-state index in [0.717, 1.165) is 19.5 Å². The van der Waals surface area contributed by atoms with Gasteiger partial charge < -0.3 is 9.88 Å². The first-order chi connectivity index (χ1) is 8.98. The van der Waals surface area contributed by atoms with Gasteiger partial charge in [-0.2, -0.15) is 0 Å². The quantitative estimate of drug-likeness (QED) is 0.886. The first-order valence-electron chi connectivity index (χ1n) is 7.80. The Balaban J connectivity index is 2.17. The van der Waals surface area contributed by atoms with E-state index in [1.807, 2.05) is 0 Å².